The molecule has 0 atom stereocenters. The summed E-state index contributed by atoms with van der Waals surface area (Å²) in [5.74, 6) is -0.183. The maximum atomic E-state index is 12.5. The molecule has 4 nitrogen and oxygen atoms in total. The average Bonchev–Trinajstić information content (AvgIpc) is 2.94. The predicted octanol–water partition coefficient (Wildman–Crippen LogP) is 4.09. The lowest BCUT2D eigenvalue weighted by atomic mass is 10.0. The summed E-state index contributed by atoms with van der Waals surface area (Å²) in [5, 5.41) is 0. The Hall–Kier alpha value is -3.40. The van der Waals surface area contributed by atoms with E-state index in [1.807, 2.05) is 66.7 Å². The topological polar surface area (TPSA) is 46.6 Å². The van der Waals surface area contributed by atoms with E-state index >= 15 is 0 Å². The standard InChI is InChI=1S/C22H17NO3/c1-26-18-10-7-15(8-11-18)14-23-20-12-9-17(16-5-3-2-4-6-16)13-19(20)21(24)22(23)25/h2-13H,14H2,1H3. The number of nitrogens with zero attached hydrogens (tertiary/aromatic N) is 1. The maximum absolute atomic E-state index is 12.5. The quantitative estimate of drug-likeness (QED) is 0.670. The van der Waals surface area contributed by atoms with Crippen LogP contribution in [0.15, 0.2) is 72.8 Å². The number of Topliss-reactive ketones (excluding diaryl/α,β-unsaturated/α-hetero) is 1. The molecule has 0 radical (unpaired) electrons. The fraction of sp³-hybridized carbons (Fsp3) is 0.0909. The van der Waals surface area contributed by atoms with Crippen LogP contribution < -0.4 is 9.64 Å². The van der Waals surface area contributed by atoms with E-state index in [0.717, 1.165) is 22.4 Å². The zero-order chi connectivity index (χ0) is 18.1. The molecule has 0 unspecified atom stereocenters. The molecule has 0 bridgehead atoms. The number of benzene rings is 3. The zero-order valence-electron chi connectivity index (χ0n) is 14.3. The van der Waals surface area contributed by atoms with Gasteiger partial charge in [-0.25, -0.2) is 0 Å². The summed E-state index contributed by atoms with van der Waals surface area (Å²) < 4.78 is 5.15. The molecule has 26 heavy (non-hydrogen) atoms. The van der Waals surface area contributed by atoms with Gasteiger partial charge in [-0.05, 0) is 41.0 Å². The second-order valence-electron chi connectivity index (χ2n) is 6.17. The summed E-state index contributed by atoms with van der Waals surface area (Å²) in [4.78, 5) is 26.5. The molecule has 3 aromatic carbocycles. The number of fused-ring (bicyclic) bond motifs is 1. The van der Waals surface area contributed by atoms with E-state index in [1.54, 1.807) is 13.2 Å². The number of rotatable bonds is 4. The molecule has 1 aliphatic rings. The number of methoxy groups -OCH3 is 1. The third kappa shape index (κ3) is 2.75. The molecule has 1 aliphatic heterocycles. The minimum atomic E-state index is -0.485. The second kappa shape index (κ2) is 6.48. The van der Waals surface area contributed by atoms with Gasteiger partial charge in [0.15, 0.2) is 0 Å². The van der Waals surface area contributed by atoms with Gasteiger partial charge in [-0.15, -0.1) is 0 Å². The van der Waals surface area contributed by atoms with Crippen molar-refractivity contribution in [1.29, 1.82) is 0 Å². The van der Waals surface area contributed by atoms with Crippen LogP contribution in [0, 0.1) is 0 Å². The molecule has 1 amide bonds. The second-order valence-corrected chi connectivity index (χ2v) is 6.17. The molecular weight excluding hydrogens is 326 g/mol. The number of hydrogen-bond acceptors (Lipinski definition) is 3. The van der Waals surface area contributed by atoms with Gasteiger partial charge >= 0.3 is 0 Å². The van der Waals surface area contributed by atoms with Crippen molar-refractivity contribution in [2.45, 2.75) is 6.54 Å². The highest BCUT2D eigenvalue weighted by Gasteiger charge is 2.35. The van der Waals surface area contributed by atoms with Gasteiger partial charge in [-0.2, -0.15) is 0 Å². The summed E-state index contributed by atoms with van der Waals surface area (Å²) in [6, 6.07) is 22.9. The van der Waals surface area contributed by atoms with E-state index < -0.39 is 11.7 Å². The Labute approximate surface area is 151 Å². The molecule has 3 aromatic rings. The molecule has 1 heterocycles. The fourth-order valence-electron chi connectivity index (χ4n) is 3.18. The van der Waals surface area contributed by atoms with Crippen LogP contribution in [0.25, 0.3) is 11.1 Å². The third-order valence-corrected chi connectivity index (χ3v) is 4.58. The first kappa shape index (κ1) is 16.1. The van der Waals surface area contributed by atoms with E-state index in [1.165, 1.54) is 4.90 Å². The molecule has 0 saturated carbocycles. The van der Waals surface area contributed by atoms with Crippen LogP contribution in [-0.2, 0) is 11.3 Å². The number of ketones is 1. The smallest absolute Gasteiger partial charge is 0.299 e. The van der Waals surface area contributed by atoms with E-state index in [4.69, 9.17) is 4.74 Å². The lowest BCUT2D eigenvalue weighted by Crippen LogP contribution is -2.29. The van der Waals surface area contributed by atoms with Crippen molar-refractivity contribution in [3.63, 3.8) is 0 Å². The number of ether oxygens (including phenoxy) is 1. The lowest BCUT2D eigenvalue weighted by molar-refractivity contribution is -0.114. The predicted molar refractivity (Wildman–Crippen MR) is 100 cm³/mol. The molecule has 128 valence electrons. The normalized spacial score (nSPS) is 13.0. The summed E-state index contributed by atoms with van der Waals surface area (Å²) in [5.41, 5.74) is 4.01. The number of amides is 1. The first-order valence-electron chi connectivity index (χ1n) is 8.36. The third-order valence-electron chi connectivity index (χ3n) is 4.58. The Bertz CT molecular complexity index is 978. The number of hydrogen-bond donors (Lipinski definition) is 0. The lowest BCUT2D eigenvalue weighted by Gasteiger charge is -2.17. The number of anilines is 1. The van der Waals surface area contributed by atoms with Gasteiger partial charge in [-0.3, -0.25) is 9.59 Å². The summed E-state index contributed by atoms with van der Waals surface area (Å²) in [7, 11) is 1.61. The molecule has 0 fully saturated rings. The van der Waals surface area contributed by atoms with Gasteiger partial charge in [0.2, 0.25) is 0 Å². The Morgan fingerprint density at radius 1 is 0.846 bits per heavy atom. The Morgan fingerprint density at radius 3 is 2.27 bits per heavy atom. The van der Waals surface area contributed by atoms with Crippen molar-refractivity contribution in [1.82, 2.24) is 0 Å². The van der Waals surface area contributed by atoms with Crippen molar-refractivity contribution in [2.75, 3.05) is 12.0 Å². The highest BCUT2D eigenvalue weighted by molar-refractivity contribution is 6.52. The number of carbonyl (C=O) groups excluding carboxylic acids is 2. The minimum Gasteiger partial charge on any atom is -0.497 e. The van der Waals surface area contributed by atoms with E-state index in [9.17, 15) is 9.59 Å². The maximum Gasteiger partial charge on any atom is 0.299 e. The molecule has 0 aliphatic carbocycles. The fourth-order valence-corrected chi connectivity index (χ4v) is 3.18. The Kier molecular flexibility index (Phi) is 4.01. The highest BCUT2D eigenvalue weighted by Crippen LogP contribution is 2.34. The summed E-state index contributed by atoms with van der Waals surface area (Å²) >= 11 is 0. The first-order chi connectivity index (χ1) is 12.7. The molecule has 0 aromatic heterocycles. The van der Waals surface area contributed by atoms with Crippen LogP contribution in [0.1, 0.15) is 15.9 Å². The van der Waals surface area contributed by atoms with Crippen LogP contribution in [0.5, 0.6) is 5.75 Å². The van der Waals surface area contributed by atoms with Gasteiger partial charge in [0, 0.05) is 0 Å². The van der Waals surface area contributed by atoms with Crippen molar-refractivity contribution in [3.05, 3.63) is 83.9 Å². The Balaban J connectivity index is 1.67. The van der Waals surface area contributed by atoms with Crippen LogP contribution in [0.3, 0.4) is 0 Å². The SMILES string of the molecule is COc1ccc(CN2C(=O)C(=O)c3cc(-c4ccccc4)ccc32)cc1. The van der Waals surface area contributed by atoms with Crippen LogP contribution in [0.2, 0.25) is 0 Å². The van der Waals surface area contributed by atoms with Crippen molar-refractivity contribution in [2.24, 2.45) is 0 Å². The van der Waals surface area contributed by atoms with Gasteiger partial charge in [0.05, 0.1) is 24.9 Å². The van der Waals surface area contributed by atoms with Crippen molar-refractivity contribution < 1.29 is 14.3 Å². The highest BCUT2D eigenvalue weighted by atomic mass is 16.5. The monoisotopic (exact) mass is 343 g/mol. The van der Waals surface area contributed by atoms with Crippen LogP contribution in [0.4, 0.5) is 5.69 Å². The largest absolute Gasteiger partial charge is 0.497 e. The molecule has 4 heteroatoms. The molecular formula is C22H17NO3. The Morgan fingerprint density at radius 2 is 1.58 bits per heavy atom. The van der Waals surface area contributed by atoms with Gasteiger partial charge in [0.25, 0.3) is 11.7 Å². The van der Waals surface area contributed by atoms with E-state index in [-0.39, 0.29) is 0 Å². The molecule has 0 saturated heterocycles. The average molecular weight is 343 g/mol. The van der Waals surface area contributed by atoms with Gasteiger partial charge in [0.1, 0.15) is 5.75 Å². The summed E-state index contributed by atoms with van der Waals surface area (Å²) in [6.45, 7) is 0.353. The number of carbonyl (C=O) groups is 2. The van der Waals surface area contributed by atoms with Gasteiger partial charge in [-0.1, -0.05) is 48.5 Å². The molecule has 0 spiro atoms. The molecule has 0 N–H and O–H groups in total. The summed E-state index contributed by atoms with van der Waals surface area (Å²) in [6.07, 6.45) is 0. The van der Waals surface area contributed by atoms with E-state index in [0.29, 0.717) is 17.8 Å². The minimum absolute atomic E-state index is 0.353. The van der Waals surface area contributed by atoms with Crippen molar-refractivity contribution >= 4 is 17.4 Å². The van der Waals surface area contributed by atoms with Gasteiger partial charge < -0.3 is 9.64 Å². The molecule has 4 rings (SSSR count). The first-order valence-corrected chi connectivity index (χ1v) is 8.36. The zero-order valence-corrected chi connectivity index (χ0v) is 14.3. The van der Waals surface area contributed by atoms with E-state index in [2.05, 4.69) is 0 Å². The van der Waals surface area contributed by atoms with Crippen LogP contribution >= 0.6 is 0 Å². The van der Waals surface area contributed by atoms with Crippen molar-refractivity contribution in [3.8, 4) is 16.9 Å². The van der Waals surface area contributed by atoms with Crippen LogP contribution in [-0.4, -0.2) is 18.8 Å².